The Bertz CT molecular complexity index is 738. The number of nitrogens with one attached hydrogen (secondary N) is 1. The number of carbonyl (C=O) groups excluding carboxylic acids is 1. The maximum atomic E-state index is 13.1. The Hall–Kier alpha value is -3.07. The highest BCUT2D eigenvalue weighted by Crippen LogP contribution is 2.22. The first-order valence-electron chi connectivity index (χ1n) is 5.99. The van der Waals surface area contributed by atoms with Crippen LogP contribution in [0.15, 0.2) is 36.4 Å². The average molecular weight is 285 g/mol. The molecule has 0 saturated heterocycles. The monoisotopic (exact) mass is 285 g/mol. The smallest absolute Gasteiger partial charge is 0.257 e. The number of nitriles is 1. The van der Waals surface area contributed by atoms with Crippen molar-refractivity contribution in [3.8, 4) is 11.8 Å². The SMILES string of the molecule is COc1ccc(N)c(C(=O)Nc2ccc(F)cc2C#N)c1. The Balaban J connectivity index is 2.33. The summed E-state index contributed by atoms with van der Waals surface area (Å²) >= 11 is 0. The number of ether oxygens (including phenoxy) is 1. The fourth-order valence-corrected chi connectivity index (χ4v) is 1.77. The van der Waals surface area contributed by atoms with Gasteiger partial charge in [-0.05, 0) is 36.4 Å². The molecule has 0 aromatic heterocycles. The van der Waals surface area contributed by atoms with Gasteiger partial charge in [0.25, 0.3) is 5.91 Å². The van der Waals surface area contributed by atoms with Gasteiger partial charge in [-0.3, -0.25) is 4.79 Å². The van der Waals surface area contributed by atoms with Crippen LogP contribution in [-0.4, -0.2) is 13.0 Å². The molecule has 0 unspecified atom stereocenters. The number of amides is 1. The van der Waals surface area contributed by atoms with Crippen LogP contribution in [0.25, 0.3) is 0 Å². The van der Waals surface area contributed by atoms with E-state index in [-0.39, 0.29) is 22.5 Å². The first-order valence-corrected chi connectivity index (χ1v) is 5.99. The van der Waals surface area contributed by atoms with E-state index in [1.807, 2.05) is 6.07 Å². The first-order chi connectivity index (χ1) is 10.0. The minimum absolute atomic E-state index is 0.0322. The number of rotatable bonds is 3. The molecule has 0 aliphatic heterocycles. The van der Waals surface area contributed by atoms with Crippen molar-refractivity contribution >= 4 is 17.3 Å². The predicted molar refractivity (Wildman–Crippen MR) is 76.5 cm³/mol. The molecule has 0 heterocycles. The maximum absolute atomic E-state index is 13.1. The van der Waals surface area contributed by atoms with Crippen LogP contribution in [0.4, 0.5) is 15.8 Å². The number of anilines is 2. The molecule has 0 aliphatic carbocycles. The fourth-order valence-electron chi connectivity index (χ4n) is 1.77. The summed E-state index contributed by atoms with van der Waals surface area (Å²) in [7, 11) is 1.47. The van der Waals surface area contributed by atoms with E-state index in [1.54, 1.807) is 12.1 Å². The average Bonchev–Trinajstić information content (AvgIpc) is 2.49. The molecule has 0 fully saturated rings. The number of carbonyl (C=O) groups is 1. The van der Waals surface area contributed by atoms with Gasteiger partial charge < -0.3 is 15.8 Å². The van der Waals surface area contributed by atoms with Gasteiger partial charge in [-0.2, -0.15) is 5.26 Å². The zero-order chi connectivity index (χ0) is 15.4. The molecule has 0 atom stereocenters. The van der Waals surface area contributed by atoms with Gasteiger partial charge in [-0.1, -0.05) is 0 Å². The van der Waals surface area contributed by atoms with Crippen molar-refractivity contribution in [2.24, 2.45) is 0 Å². The molecule has 3 N–H and O–H groups in total. The van der Waals surface area contributed by atoms with Gasteiger partial charge in [0.1, 0.15) is 17.6 Å². The molecular formula is C15H12FN3O2. The first kappa shape index (κ1) is 14.3. The second-order valence-corrected chi connectivity index (χ2v) is 4.21. The Morgan fingerprint density at radius 3 is 2.76 bits per heavy atom. The number of hydrogen-bond donors (Lipinski definition) is 2. The number of benzene rings is 2. The van der Waals surface area contributed by atoms with Gasteiger partial charge in [0, 0.05) is 5.69 Å². The van der Waals surface area contributed by atoms with Crippen molar-refractivity contribution in [2.45, 2.75) is 0 Å². The van der Waals surface area contributed by atoms with Crippen LogP contribution in [0.5, 0.6) is 5.75 Å². The van der Waals surface area contributed by atoms with E-state index in [1.165, 1.54) is 19.2 Å². The minimum Gasteiger partial charge on any atom is -0.497 e. The lowest BCUT2D eigenvalue weighted by atomic mass is 10.1. The fraction of sp³-hybridized carbons (Fsp3) is 0.0667. The predicted octanol–water partition coefficient (Wildman–Crippen LogP) is 2.54. The lowest BCUT2D eigenvalue weighted by Crippen LogP contribution is -2.15. The zero-order valence-corrected chi connectivity index (χ0v) is 11.2. The van der Waals surface area contributed by atoms with E-state index in [0.717, 1.165) is 12.1 Å². The number of nitrogens with zero attached hydrogens (tertiary/aromatic N) is 1. The van der Waals surface area contributed by atoms with Crippen molar-refractivity contribution in [1.29, 1.82) is 5.26 Å². The van der Waals surface area contributed by atoms with E-state index < -0.39 is 11.7 Å². The third-order valence-electron chi connectivity index (χ3n) is 2.86. The molecule has 21 heavy (non-hydrogen) atoms. The van der Waals surface area contributed by atoms with E-state index in [9.17, 15) is 9.18 Å². The van der Waals surface area contributed by atoms with E-state index in [4.69, 9.17) is 15.7 Å². The van der Waals surface area contributed by atoms with E-state index in [2.05, 4.69) is 5.32 Å². The summed E-state index contributed by atoms with van der Waals surface area (Å²) in [5.41, 5.74) is 6.48. The molecule has 0 saturated carbocycles. The number of methoxy groups -OCH3 is 1. The highest BCUT2D eigenvalue weighted by Gasteiger charge is 2.13. The summed E-state index contributed by atoms with van der Waals surface area (Å²) in [5.74, 6) is -0.575. The minimum atomic E-state index is -0.551. The summed E-state index contributed by atoms with van der Waals surface area (Å²) < 4.78 is 18.1. The summed E-state index contributed by atoms with van der Waals surface area (Å²) in [5, 5.41) is 11.5. The molecule has 2 aromatic carbocycles. The number of halogens is 1. The van der Waals surface area contributed by atoms with Crippen molar-refractivity contribution in [3.63, 3.8) is 0 Å². The number of hydrogen-bond acceptors (Lipinski definition) is 4. The Morgan fingerprint density at radius 2 is 2.10 bits per heavy atom. The molecule has 0 aliphatic rings. The molecule has 0 radical (unpaired) electrons. The second kappa shape index (κ2) is 5.92. The molecule has 0 bridgehead atoms. The highest BCUT2D eigenvalue weighted by atomic mass is 19.1. The van der Waals surface area contributed by atoms with Gasteiger partial charge in [-0.25, -0.2) is 4.39 Å². The van der Waals surface area contributed by atoms with Gasteiger partial charge in [0.05, 0.1) is 23.9 Å². The number of nitrogen functional groups attached to an aromatic ring is 1. The highest BCUT2D eigenvalue weighted by molar-refractivity contribution is 6.08. The Labute approximate surface area is 120 Å². The molecule has 2 rings (SSSR count). The van der Waals surface area contributed by atoms with Crippen LogP contribution >= 0.6 is 0 Å². The summed E-state index contributed by atoms with van der Waals surface area (Å²) in [6, 6.07) is 10.0. The van der Waals surface area contributed by atoms with Gasteiger partial charge in [0.15, 0.2) is 0 Å². The second-order valence-electron chi connectivity index (χ2n) is 4.21. The molecule has 5 nitrogen and oxygen atoms in total. The lowest BCUT2D eigenvalue weighted by Gasteiger charge is -2.10. The van der Waals surface area contributed by atoms with Gasteiger partial charge in [0.2, 0.25) is 0 Å². The van der Waals surface area contributed by atoms with Crippen LogP contribution in [0, 0.1) is 17.1 Å². The summed E-state index contributed by atoms with van der Waals surface area (Å²) in [6.45, 7) is 0. The Kier molecular flexibility index (Phi) is 4.05. The number of nitrogens with two attached hydrogens (primary N) is 1. The van der Waals surface area contributed by atoms with Crippen LogP contribution in [0.1, 0.15) is 15.9 Å². The molecule has 1 amide bonds. The molecule has 106 valence electrons. The van der Waals surface area contributed by atoms with E-state index >= 15 is 0 Å². The summed E-state index contributed by atoms with van der Waals surface area (Å²) in [6.07, 6.45) is 0. The maximum Gasteiger partial charge on any atom is 0.257 e. The van der Waals surface area contributed by atoms with Gasteiger partial charge >= 0.3 is 0 Å². The van der Waals surface area contributed by atoms with Crippen molar-refractivity contribution in [2.75, 3.05) is 18.2 Å². The normalized spacial score (nSPS) is 9.76. The van der Waals surface area contributed by atoms with E-state index in [0.29, 0.717) is 5.75 Å². The van der Waals surface area contributed by atoms with Crippen LogP contribution < -0.4 is 15.8 Å². The summed E-state index contributed by atoms with van der Waals surface area (Å²) in [4.78, 5) is 12.2. The van der Waals surface area contributed by atoms with Crippen molar-refractivity contribution in [3.05, 3.63) is 53.3 Å². The zero-order valence-electron chi connectivity index (χ0n) is 11.2. The topological polar surface area (TPSA) is 88.1 Å². The van der Waals surface area contributed by atoms with Crippen LogP contribution in [-0.2, 0) is 0 Å². The Morgan fingerprint density at radius 1 is 1.33 bits per heavy atom. The molecular weight excluding hydrogens is 273 g/mol. The molecule has 6 heteroatoms. The van der Waals surface area contributed by atoms with Gasteiger partial charge in [-0.15, -0.1) is 0 Å². The third-order valence-corrected chi connectivity index (χ3v) is 2.86. The third kappa shape index (κ3) is 3.09. The largest absolute Gasteiger partial charge is 0.497 e. The van der Waals surface area contributed by atoms with Crippen LogP contribution in [0.3, 0.4) is 0 Å². The van der Waals surface area contributed by atoms with Crippen molar-refractivity contribution < 1.29 is 13.9 Å². The van der Waals surface area contributed by atoms with Crippen molar-refractivity contribution in [1.82, 2.24) is 0 Å². The van der Waals surface area contributed by atoms with Crippen LogP contribution in [0.2, 0.25) is 0 Å². The molecule has 2 aromatic rings. The quantitative estimate of drug-likeness (QED) is 0.848. The lowest BCUT2D eigenvalue weighted by molar-refractivity contribution is 0.102. The molecule has 0 spiro atoms. The standard InChI is InChI=1S/C15H12FN3O2/c1-21-11-3-4-13(18)12(7-11)15(20)19-14-5-2-10(16)6-9(14)8-17/h2-7H,18H2,1H3,(H,19,20).